The van der Waals surface area contributed by atoms with E-state index in [1.54, 1.807) is 17.5 Å². The Morgan fingerprint density at radius 3 is 2.76 bits per heavy atom. The topological polar surface area (TPSA) is 64.0 Å². The molecule has 0 radical (unpaired) electrons. The average Bonchev–Trinajstić information content (AvgIpc) is 3.08. The number of rotatable bonds is 5. The van der Waals surface area contributed by atoms with Gasteiger partial charge in [0.1, 0.15) is 4.21 Å². The maximum Gasteiger partial charge on any atom is 0.273 e. The van der Waals surface area contributed by atoms with Crippen molar-refractivity contribution >= 4 is 38.3 Å². The van der Waals surface area contributed by atoms with E-state index in [0.29, 0.717) is 12.5 Å². The maximum atomic E-state index is 12.3. The third-order valence-corrected chi connectivity index (χ3v) is 5.81. The molecular weight excluding hydrogens is 306 g/mol. The first-order chi connectivity index (χ1) is 10.1. The number of hydrogen-bond acceptors (Lipinski definition) is 4. The van der Waals surface area contributed by atoms with Gasteiger partial charge in [0, 0.05) is 6.54 Å². The van der Waals surface area contributed by atoms with Gasteiger partial charge < -0.3 is 4.57 Å². The zero-order valence-corrected chi connectivity index (χ0v) is 13.1. The summed E-state index contributed by atoms with van der Waals surface area (Å²) < 4.78 is 29.5. The summed E-state index contributed by atoms with van der Waals surface area (Å²) in [6.07, 6.45) is 0.897. The molecule has 3 rings (SSSR count). The van der Waals surface area contributed by atoms with Crippen LogP contribution in [0.15, 0.2) is 46.0 Å². The fraction of sp³-hybridized carbons (Fsp3) is 0.214. The molecule has 0 aliphatic heterocycles. The standard InChI is InChI=1S/C14H15N3O2S2/c1-2-9-17-12-7-4-3-6-11(12)15-14(17)16-21(18,19)13-8-5-10-20-13/h3-8,10H,2,9H2,1H3,(H,15,16). The lowest BCUT2D eigenvalue weighted by molar-refractivity contribution is 0.601. The molecule has 0 aliphatic carbocycles. The molecular formula is C14H15N3O2S2. The van der Waals surface area contributed by atoms with Gasteiger partial charge in [-0.15, -0.1) is 11.3 Å². The first-order valence-electron chi connectivity index (χ1n) is 6.63. The van der Waals surface area contributed by atoms with Crippen LogP contribution in [0.2, 0.25) is 0 Å². The molecule has 0 bridgehead atoms. The first-order valence-corrected chi connectivity index (χ1v) is 8.99. The van der Waals surface area contributed by atoms with Crippen LogP contribution >= 0.6 is 11.3 Å². The van der Waals surface area contributed by atoms with Crippen LogP contribution in [0.1, 0.15) is 13.3 Å². The Kier molecular flexibility index (Phi) is 3.69. The van der Waals surface area contributed by atoms with E-state index in [1.807, 2.05) is 35.8 Å². The van der Waals surface area contributed by atoms with Crippen molar-refractivity contribution in [2.24, 2.45) is 0 Å². The molecule has 21 heavy (non-hydrogen) atoms. The van der Waals surface area contributed by atoms with Gasteiger partial charge in [0.2, 0.25) is 5.95 Å². The molecule has 0 unspecified atom stereocenters. The van der Waals surface area contributed by atoms with Gasteiger partial charge in [-0.2, -0.15) is 0 Å². The van der Waals surface area contributed by atoms with Crippen molar-refractivity contribution in [1.82, 2.24) is 9.55 Å². The number of nitrogens with one attached hydrogen (secondary N) is 1. The third-order valence-electron chi connectivity index (χ3n) is 3.09. The van der Waals surface area contributed by atoms with Crippen LogP contribution in [-0.4, -0.2) is 18.0 Å². The molecule has 2 heterocycles. The Hall–Kier alpha value is -1.86. The van der Waals surface area contributed by atoms with Crippen LogP contribution in [0.3, 0.4) is 0 Å². The van der Waals surface area contributed by atoms with Crippen molar-refractivity contribution in [2.75, 3.05) is 4.72 Å². The maximum absolute atomic E-state index is 12.3. The number of thiophene rings is 1. The van der Waals surface area contributed by atoms with Gasteiger partial charge in [-0.1, -0.05) is 25.1 Å². The predicted molar refractivity (Wildman–Crippen MR) is 85.2 cm³/mol. The Morgan fingerprint density at radius 1 is 1.24 bits per heavy atom. The van der Waals surface area contributed by atoms with E-state index < -0.39 is 10.0 Å². The van der Waals surface area contributed by atoms with Crippen LogP contribution < -0.4 is 4.72 Å². The molecule has 7 heteroatoms. The fourth-order valence-corrected chi connectivity index (χ4v) is 4.19. The highest BCUT2D eigenvalue weighted by Gasteiger charge is 2.19. The second kappa shape index (κ2) is 5.50. The Labute approximate surface area is 127 Å². The Balaban J connectivity index is 2.06. The van der Waals surface area contributed by atoms with Crippen LogP contribution in [0, 0.1) is 0 Å². The smallest absolute Gasteiger partial charge is 0.273 e. The highest BCUT2D eigenvalue weighted by atomic mass is 32.2. The molecule has 5 nitrogen and oxygen atoms in total. The summed E-state index contributed by atoms with van der Waals surface area (Å²) in [5.41, 5.74) is 1.72. The number of anilines is 1. The minimum atomic E-state index is -3.57. The number of fused-ring (bicyclic) bond motifs is 1. The lowest BCUT2D eigenvalue weighted by atomic mass is 10.3. The molecule has 1 aromatic carbocycles. The fourth-order valence-electron chi connectivity index (χ4n) is 2.19. The molecule has 0 saturated carbocycles. The van der Waals surface area contributed by atoms with Crippen LogP contribution in [0.4, 0.5) is 5.95 Å². The van der Waals surface area contributed by atoms with Gasteiger partial charge in [-0.25, -0.2) is 18.1 Å². The summed E-state index contributed by atoms with van der Waals surface area (Å²) in [5, 5.41) is 1.74. The van der Waals surface area contributed by atoms with Crippen LogP contribution in [0.5, 0.6) is 0 Å². The summed E-state index contributed by atoms with van der Waals surface area (Å²) in [5.74, 6) is 0.367. The second-order valence-corrected chi connectivity index (χ2v) is 7.47. The predicted octanol–water partition coefficient (Wildman–Crippen LogP) is 3.31. The first kappa shape index (κ1) is 14.1. The molecule has 1 N–H and O–H groups in total. The average molecular weight is 321 g/mol. The summed E-state index contributed by atoms with van der Waals surface area (Å²) in [7, 11) is -3.57. The molecule has 0 amide bonds. The number of imidazole rings is 1. The van der Waals surface area contributed by atoms with E-state index in [4.69, 9.17) is 0 Å². The summed E-state index contributed by atoms with van der Waals surface area (Å²) in [4.78, 5) is 4.40. The highest BCUT2D eigenvalue weighted by molar-refractivity contribution is 7.94. The zero-order valence-electron chi connectivity index (χ0n) is 11.5. The molecule has 3 aromatic rings. The minimum absolute atomic E-state index is 0.289. The van der Waals surface area contributed by atoms with Gasteiger partial charge in [-0.3, -0.25) is 0 Å². The zero-order chi connectivity index (χ0) is 14.9. The van der Waals surface area contributed by atoms with Crippen LogP contribution in [0.25, 0.3) is 11.0 Å². The molecule has 2 aromatic heterocycles. The Morgan fingerprint density at radius 2 is 2.05 bits per heavy atom. The van der Waals surface area contributed by atoms with Crippen molar-refractivity contribution in [3.05, 3.63) is 41.8 Å². The highest BCUT2D eigenvalue weighted by Crippen LogP contribution is 2.24. The summed E-state index contributed by atoms with van der Waals surface area (Å²) >= 11 is 1.19. The van der Waals surface area contributed by atoms with E-state index in [2.05, 4.69) is 9.71 Å². The van der Waals surface area contributed by atoms with Crippen molar-refractivity contribution < 1.29 is 8.42 Å². The molecule has 0 atom stereocenters. The largest absolute Gasteiger partial charge is 0.309 e. The SMILES string of the molecule is CCCn1c(NS(=O)(=O)c2cccs2)nc2ccccc21. The normalized spacial score (nSPS) is 11.9. The lowest BCUT2D eigenvalue weighted by Crippen LogP contribution is -2.15. The second-order valence-electron chi connectivity index (χ2n) is 4.61. The monoisotopic (exact) mass is 321 g/mol. The van der Waals surface area contributed by atoms with Crippen molar-refractivity contribution in [3.63, 3.8) is 0 Å². The van der Waals surface area contributed by atoms with Crippen molar-refractivity contribution in [2.45, 2.75) is 24.1 Å². The number of aryl methyl sites for hydroxylation is 1. The van der Waals surface area contributed by atoms with Gasteiger partial charge in [-0.05, 0) is 30.0 Å². The van der Waals surface area contributed by atoms with E-state index in [-0.39, 0.29) is 4.21 Å². The molecule has 110 valence electrons. The number of hydrogen-bond donors (Lipinski definition) is 1. The van der Waals surface area contributed by atoms with Crippen LogP contribution in [-0.2, 0) is 16.6 Å². The number of para-hydroxylation sites is 2. The van der Waals surface area contributed by atoms with Gasteiger partial charge in [0.15, 0.2) is 0 Å². The molecule has 0 saturated heterocycles. The number of aromatic nitrogens is 2. The molecule has 0 aliphatic rings. The molecule has 0 fully saturated rings. The summed E-state index contributed by atoms with van der Waals surface area (Å²) in [6, 6.07) is 10.9. The lowest BCUT2D eigenvalue weighted by Gasteiger charge is -2.09. The quantitative estimate of drug-likeness (QED) is 0.784. The van der Waals surface area contributed by atoms with E-state index >= 15 is 0 Å². The van der Waals surface area contributed by atoms with Crippen molar-refractivity contribution in [1.29, 1.82) is 0 Å². The van der Waals surface area contributed by atoms with E-state index in [1.165, 1.54) is 11.3 Å². The Bertz CT molecular complexity index is 852. The number of nitrogens with zero attached hydrogens (tertiary/aromatic N) is 2. The summed E-state index contributed by atoms with van der Waals surface area (Å²) in [6.45, 7) is 2.76. The van der Waals surface area contributed by atoms with E-state index in [0.717, 1.165) is 17.5 Å². The van der Waals surface area contributed by atoms with Crippen molar-refractivity contribution in [3.8, 4) is 0 Å². The van der Waals surface area contributed by atoms with Gasteiger partial charge in [0.05, 0.1) is 11.0 Å². The number of sulfonamides is 1. The molecule has 0 spiro atoms. The van der Waals surface area contributed by atoms with E-state index in [9.17, 15) is 8.42 Å². The van der Waals surface area contributed by atoms with Gasteiger partial charge in [0.25, 0.3) is 10.0 Å². The third kappa shape index (κ3) is 2.66. The number of benzene rings is 1. The van der Waals surface area contributed by atoms with Gasteiger partial charge >= 0.3 is 0 Å². The minimum Gasteiger partial charge on any atom is -0.309 e.